The molecule has 1 aliphatic rings. The van der Waals surface area contributed by atoms with Gasteiger partial charge in [0.15, 0.2) is 5.69 Å². The molecule has 6 heteroatoms. The number of rotatable bonds is 3. The van der Waals surface area contributed by atoms with Gasteiger partial charge in [-0.25, -0.2) is 0 Å². The van der Waals surface area contributed by atoms with Crippen molar-refractivity contribution >= 4 is 17.5 Å². The van der Waals surface area contributed by atoms with Crippen molar-refractivity contribution in [1.82, 2.24) is 20.4 Å². The van der Waals surface area contributed by atoms with E-state index in [2.05, 4.69) is 15.7 Å². The molecule has 3 rings (SSSR count). The van der Waals surface area contributed by atoms with Gasteiger partial charge in [-0.2, -0.15) is 5.10 Å². The average Bonchev–Trinajstić information content (AvgIpc) is 2.70. The minimum Gasteiger partial charge on any atom is -0.347 e. The molecular weight excluding hydrogens is 300 g/mol. The predicted molar refractivity (Wildman–Crippen MR) is 86.1 cm³/mol. The Morgan fingerprint density at radius 1 is 1.32 bits per heavy atom. The number of carbonyl (C=O) groups excluding carboxylic acids is 1. The lowest BCUT2D eigenvalue weighted by molar-refractivity contribution is 0.0944. The van der Waals surface area contributed by atoms with Crippen LogP contribution in [0.2, 0.25) is 5.02 Å². The molecule has 0 aliphatic carbocycles. The van der Waals surface area contributed by atoms with E-state index < -0.39 is 0 Å². The Kier molecular flexibility index (Phi) is 4.45. The maximum Gasteiger partial charge on any atom is 0.272 e. The highest BCUT2D eigenvalue weighted by atomic mass is 35.5. The van der Waals surface area contributed by atoms with Crippen molar-refractivity contribution < 1.29 is 4.79 Å². The molecule has 0 atom stereocenters. The Bertz CT molecular complexity index is 678. The first kappa shape index (κ1) is 15.1. The lowest BCUT2D eigenvalue weighted by Crippen LogP contribution is -2.25. The van der Waals surface area contributed by atoms with Crippen LogP contribution in [0, 0.1) is 0 Å². The third kappa shape index (κ3) is 3.15. The van der Waals surface area contributed by atoms with E-state index in [-0.39, 0.29) is 5.91 Å². The number of aryl methyl sites for hydroxylation is 1. The molecule has 1 aliphatic heterocycles. The van der Waals surface area contributed by atoms with Crippen LogP contribution in [0.4, 0.5) is 0 Å². The number of hydrogen-bond donors (Lipinski definition) is 2. The van der Waals surface area contributed by atoms with Crippen molar-refractivity contribution in [3.63, 3.8) is 0 Å². The molecule has 0 bridgehead atoms. The first-order chi connectivity index (χ1) is 10.6. The molecular formula is C16H19ClN4O. The quantitative estimate of drug-likeness (QED) is 0.905. The minimum atomic E-state index is -0.117. The fourth-order valence-electron chi connectivity index (χ4n) is 2.77. The number of halogens is 1. The van der Waals surface area contributed by atoms with E-state index in [9.17, 15) is 4.79 Å². The monoisotopic (exact) mass is 318 g/mol. The van der Waals surface area contributed by atoms with Crippen LogP contribution in [-0.2, 0) is 26.4 Å². The molecule has 22 heavy (non-hydrogen) atoms. The Morgan fingerprint density at radius 3 is 2.82 bits per heavy atom. The zero-order valence-corrected chi connectivity index (χ0v) is 13.3. The van der Waals surface area contributed by atoms with Gasteiger partial charge < -0.3 is 10.6 Å². The molecule has 0 fully saturated rings. The summed E-state index contributed by atoms with van der Waals surface area (Å²) >= 11 is 5.86. The SMILES string of the molecule is Cn1nc(C(=O)NCc2ccc(Cl)cc2)c2c1CCNCC2. The largest absolute Gasteiger partial charge is 0.347 e. The summed E-state index contributed by atoms with van der Waals surface area (Å²) in [7, 11) is 1.90. The summed E-state index contributed by atoms with van der Waals surface area (Å²) in [6.07, 6.45) is 1.75. The van der Waals surface area contributed by atoms with Gasteiger partial charge in [0.1, 0.15) is 0 Å². The number of aromatic nitrogens is 2. The molecule has 0 spiro atoms. The summed E-state index contributed by atoms with van der Waals surface area (Å²) in [5.41, 5.74) is 3.79. The van der Waals surface area contributed by atoms with Gasteiger partial charge in [0.05, 0.1) is 0 Å². The number of hydrogen-bond acceptors (Lipinski definition) is 3. The maximum absolute atomic E-state index is 12.4. The normalized spacial score (nSPS) is 14.3. The van der Waals surface area contributed by atoms with E-state index in [0.29, 0.717) is 17.3 Å². The number of benzene rings is 1. The highest BCUT2D eigenvalue weighted by Crippen LogP contribution is 2.17. The van der Waals surface area contributed by atoms with Crippen molar-refractivity contribution in [2.45, 2.75) is 19.4 Å². The Hall–Kier alpha value is -1.85. The van der Waals surface area contributed by atoms with E-state index >= 15 is 0 Å². The highest BCUT2D eigenvalue weighted by molar-refractivity contribution is 6.30. The lowest BCUT2D eigenvalue weighted by Gasteiger charge is -2.05. The second-order valence-electron chi connectivity index (χ2n) is 5.46. The van der Waals surface area contributed by atoms with Gasteiger partial charge in [-0.1, -0.05) is 23.7 Å². The van der Waals surface area contributed by atoms with Gasteiger partial charge >= 0.3 is 0 Å². The van der Waals surface area contributed by atoms with Crippen LogP contribution in [0.15, 0.2) is 24.3 Å². The molecule has 2 heterocycles. The molecule has 0 unspecified atom stereocenters. The molecule has 116 valence electrons. The van der Waals surface area contributed by atoms with E-state index in [4.69, 9.17) is 11.6 Å². The molecule has 2 N–H and O–H groups in total. The maximum atomic E-state index is 12.4. The second kappa shape index (κ2) is 6.50. The Morgan fingerprint density at radius 2 is 2.05 bits per heavy atom. The second-order valence-corrected chi connectivity index (χ2v) is 5.89. The van der Waals surface area contributed by atoms with Crippen LogP contribution < -0.4 is 10.6 Å². The van der Waals surface area contributed by atoms with Crippen LogP contribution in [0.1, 0.15) is 27.3 Å². The van der Waals surface area contributed by atoms with Crippen molar-refractivity contribution in [2.24, 2.45) is 7.05 Å². The van der Waals surface area contributed by atoms with Crippen molar-refractivity contribution in [1.29, 1.82) is 0 Å². The third-order valence-corrected chi connectivity index (χ3v) is 4.20. The topological polar surface area (TPSA) is 59.0 Å². The minimum absolute atomic E-state index is 0.117. The number of nitrogens with one attached hydrogen (secondary N) is 2. The summed E-state index contributed by atoms with van der Waals surface area (Å²) in [5.74, 6) is -0.117. The first-order valence-corrected chi connectivity index (χ1v) is 7.81. The predicted octanol–water partition coefficient (Wildman–Crippen LogP) is 1.69. The van der Waals surface area contributed by atoms with E-state index in [0.717, 1.165) is 42.8 Å². The first-order valence-electron chi connectivity index (χ1n) is 7.43. The third-order valence-electron chi connectivity index (χ3n) is 3.95. The van der Waals surface area contributed by atoms with Gasteiger partial charge in [-0.05, 0) is 30.7 Å². The van der Waals surface area contributed by atoms with E-state index in [1.165, 1.54) is 0 Å². The van der Waals surface area contributed by atoms with Crippen molar-refractivity contribution in [2.75, 3.05) is 13.1 Å². The number of fused-ring (bicyclic) bond motifs is 1. The zero-order valence-electron chi connectivity index (χ0n) is 12.5. The zero-order chi connectivity index (χ0) is 15.5. The molecule has 0 saturated heterocycles. The number of nitrogens with zero attached hydrogens (tertiary/aromatic N) is 2. The fourth-order valence-corrected chi connectivity index (χ4v) is 2.90. The lowest BCUT2D eigenvalue weighted by atomic mass is 10.1. The highest BCUT2D eigenvalue weighted by Gasteiger charge is 2.22. The summed E-state index contributed by atoms with van der Waals surface area (Å²) < 4.78 is 1.83. The molecule has 1 aromatic heterocycles. The standard InChI is InChI=1S/C16H19ClN4O/c1-21-14-7-9-18-8-6-13(14)15(20-21)16(22)19-10-11-2-4-12(17)5-3-11/h2-5,18H,6-10H2,1H3,(H,19,22). The van der Waals surface area contributed by atoms with Crippen LogP contribution in [-0.4, -0.2) is 28.8 Å². The Balaban J connectivity index is 1.73. The number of amides is 1. The summed E-state index contributed by atoms with van der Waals surface area (Å²) in [6.45, 7) is 2.29. The van der Waals surface area contributed by atoms with Crippen LogP contribution in [0.3, 0.4) is 0 Å². The fraction of sp³-hybridized carbons (Fsp3) is 0.375. The van der Waals surface area contributed by atoms with E-state index in [1.807, 2.05) is 36.0 Å². The molecule has 0 radical (unpaired) electrons. The van der Waals surface area contributed by atoms with Crippen molar-refractivity contribution in [3.8, 4) is 0 Å². The number of carbonyl (C=O) groups is 1. The van der Waals surface area contributed by atoms with Crippen molar-refractivity contribution in [3.05, 3.63) is 51.8 Å². The Labute approximate surface area is 134 Å². The molecule has 0 saturated carbocycles. The van der Waals surface area contributed by atoms with E-state index in [1.54, 1.807) is 0 Å². The molecule has 1 aromatic carbocycles. The van der Waals surface area contributed by atoms with Gasteiger partial charge in [-0.3, -0.25) is 9.48 Å². The average molecular weight is 319 g/mol. The van der Waals surface area contributed by atoms with Crippen LogP contribution in [0.5, 0.6) is 0 Å². The van der Waals surface area contributed by atoms with Gasteiger partial charge in [0.25, 0.3) is 5.91 Å². The summed E-state index contributed by atoms with van der Waals surface area (Å²) in [4.78, 5) is 12.4. The van der Waals surface area contributed by atoms with Gasteiger partial charge in [0.2, 0.25) is 0 Å². The molecule has 1 amide bonds. The van der Waals surface area contributed by atoms with Crippen LogP contribution in [0.25, 0.3) is 0 Å². The smallest absolute Gasteiger partial charge is 0.272 e. The van der Waals surface area contributed by atoms with Crippen LogP contribution >= 0.6 is 11.6 Å². The van der Waals surface area contributed by atoms with Gasteiger partial charge in [-0.15, -0.1) is 0 Å². The summed E-state index contributed by atoms with van der Waals surface area (Å²) in [6, 6.07) is 7.46. The molecule has 2 aromatic rings. The molecule has 5 nitrogen and oxygen atoms in total. The van der Waals surface area contributed by atoms with Gasteiger partial charge in [0, 0.05) is 42.8 Å². The summed E-state index contributed by atoms with van der Waals surface area (Å²) in [5, 5.41) is 11.4.